The Morgan fingerprint density at radius 3 is 2.45 bits per heavy atom. The molecule has 0 unspecified atom stereocenters. The van der Waals surface area contributed by atoms with Crippen LogP contribution in [-0.4, -0.2) is 52.7 Å². The number of hydrogen-bond donors (Lipinski definition) is 2. The second-order valence-corrected chi connectivity index (χ2v) is 4.56. The molecule has 0 amide bonds. The minimum Gasteiger partial charge on any atom is -0.473 e. The molecule has 0 spiro atoms. The minimum absolute atomic E-state index is 0.783. The summed E-state index contributed by atoms with van der Waals surface area (Å²) in [6.45, 7) is 0.783. The molecule has 0 saturated carbocycles. The van der Waals surface area contributed by atoms with Crippen molar-refractivity contribution in [1.29, 1.82) is 0 Å². The molecule has 6 nitrogen and oxygen atoms in total. The lowest BCUT2D eigenvalue weighted by molar-refractivity contribution is -0.159. The average Bonchev–Trinajstić information content (AvgIpc) is 2.47. The first-order valence-electron chi connectivity index (χ1n) is 6.34. The van der Waals surface area contributed by atoms with E-state index in [2.05, 4.69) is 33.9 Å². The highest BCUT2D eigenvalue weighted by Gasteiger charge is 2.04. The smallest absolute Gasteiger partial charge is 0.414 e. The number of carboxylic acid groups (broad SMARTS) is 2. The first-order chi connectivity index (χ1) is 10.4. The molecule has 0 radical (unpaired) electrons. The fourth-order valence-corrected chi connectivity index (χ4v) is 1.45. The lowest BCUT2D eigenvalue weighted by Crippen LogP contribution is -2.10. The van der Waals surface area contributed by atoms with Gasteiger partial charge in [-0.3, -0.25) is 9.88 Å². The van der Waals surface area contributed by atoms with Gasteiger partial charge in [-0.2, -0.15) is 0 Å². The Kier molecular flexibility index (Phi) is 6.54. The van der Waals surface area contributed by atoms with Crippen molar-refractivity contribution in [2.24, 2.45) is 0 Å². The van der Waals surface area contributed by atoms with E-state index in [4.69, 9.17) is 19.8 Å². The van der Waals surface area contributed by atoms with Gasteiger partial charge in [0.25, 0.3) is 0 Å². The zero-order chi connectivity index (χ0) is 16.5. The zero-order valence-electron chi connectivity index (χ0n) is 12.3. The number of carboxylic acids is 2. The van der Waals surface area contributed by atoms with Crippen LogP contribution in [-0.2, 0) is 9.59 Å². The summed E-state index contributed by atoms with van der Waals surface area (Å²) in [5.41, 5.74) is 2.06. The molecule has 1 aromatic heterocycles. The number of carbonyl (C=O) groups is 2. The summed E-state index contributed by atoms with van der Waals surface area (Å²) < 4.78 is 0. The maximum atomic E-state index is 9.10. The second-order valence-electron chi connectivity index (χ2n) is 4.56. The minimum atomic E-state index is -1.82. The number of aliphatic carboxylic acids is 2. The first-order valence-corrected chi connectivity index (χ1v) is 6.34. The number of rotatable bonds is 1. The van der Waals surface area contributed by atoms with Crippen LogP contribution in [0.15, 0.2) is 36.5 Å². The molecule has 2 rings (SSSR count). The van der Waals surface area contributed by atoms with Crippen LogP contribution in [0, 0.1) is 11.8 Å². The summed E-state index contributed by atoms with van der Waals surface area (Å²) in [4.78, 5) is 24.5. The van der Waals surface area contributed by atoms with Gasteiger partial charge in [-0.1, -0.05) is 17.9 Å². The van der Waals surface area contributed by atoms with Gasteiger partial charge in [0.2, 0.25) is 0 Å². The van der Waals surface area contributed by atoms with Crippen molar-refractivity contribution in [3.05, 3.63) is 42.1 Å². The molecule has 114 valence electrons. The van der Waals surface area contributed by atoms with E-state index in [-0.39, 0.29) is 0 Å². The Bertz CT molecular complexity index is 717. The van der Waals surface area contributed by atoms with E-state index >= 15 is 0 Å². The molecule has 0 fully saturated rings. The summed E-state index contributed by atoms with van der Waals surface area (Å²) in [7, 11) is 4.03. The van der Waals surface area contributed by atoms with Crippen molar-refractivity contribution in [3.63, 3.8) is 0 Å². The molecule has 1 heterocycles. The number of fused-ring (bicyclic) bond motifs is 1. The van der Waals surface area contributed by atoms with Crippen LogP contribution < -0.4 is 0 Å². The van der Waals surface area contributed by atoms with Gasteiger partial charge in [-0.05, 0) is 38.4 Å². The van der Waals surface area contributed by atoms with Gasteiger partial charge in [0, 0.05) is 17.1 Å². The molecule has 1 aromatic carbocycles. The quantitative estimate of drug-likeness (QED) is 0.609. The van der Waals surface area contributed by atoms with Crippen molar-refractivity contribution in [1.82, 2.24) is 9.88 Å². The van der Waals surface area contributed by atoms with Gasteiger partial charge >= 0.3 is 11.9 Å². The van der Waals surface area contributed by atoms with Crippen LogP contribution in [0.1, 0.15) is 5.56 Å². The van der Waals surface area contributed by atoms with Crippen molar-refractivity contribution in [2.45, 2.75) is 0 Å². The molecule has 0 saturated heterocycles. The zero-order valence-corrected chi connectivity index (χ0v) is 12.3. The third-order valence-corrected chi connectivity index (χ3v) is 2.41. The number of benzene rings is 1. The van der Waals surface area contributed by atoms with E-state index in [1.807, 2.05) is 32.3 Å². The van der Waals surface area contributed by atoms with Gasteiger partial charge in [0.15, 0.2) is 0 Å². The fraction of sp³-hybridized carbons (Fsp3) is 0.188. The van der Waals surface area contributed by atoms with Gasteiger partial charge in [0.05, 0.1) is 12.1 Å². The van der Waals surface area contributed by atoms with E-state index in [0.29, 0.717) is 0 Å². The first kappa shape index (κ1) is 17.1. The Hall–Kier alpha value is -2.91. The summed E-state index contributed by atoms with van der Waals surface area (Å²) >= 11 is 0. The Morgan fingerprint density at radius 1 is 1.18 bits per heavy atom. The highest BCUT2D eigenvalue weighted by atomic mass is 16.4. The summed E-state index contributed by atoms with van der Waals surface area (Å²) in [5, 5.41) is 15.9. The lowest BCUT2D eigenvalue weighted by Gasteiger charge is -2.01. The molecule has 22 heavy (non-hydrogen) atoms. The number of aromatic nitrogens is 1. The largest absolute Gasteiger partial charge is 0.473 e. The van der Waals surface area contributed by atoms with Crippen LogP contribution in [0.2, 0.25) is 0 Å². The van der Waals surface area contributed by atoms with Gasteiger partial charge in [0.1, 0.15) is 0 Å². The van der Waals surface area contributed by atoms with Crippen LogP contribution in [0.5, 0.6) is 0 Å². The van der Waals surface area contributed by atoms with Crippen LogP contribution in [0.4, 0.5) is 0 Å². The fourth-order valence-electron chi connectivity index (χ4n) is 1.45. The van der Waals surface area contributed by atoms with Crippen molar-refractivity contribution >= 4 is 22.8 Å². The molecule has 6 heteroatoms. The van der Waals surface area contributed by atoms with E-state index in [0.717, 1.165) is 23.0 Å². The van der Waals surface area contributed by atoms with Gasteiger partial charge in [-0.15, -0.1) is 0 Å². The van der Waals surface area contributed by atoms with Crippen molar-refractivity contribution in [2.75, 3.05) is 20.6 Å². The van der Waals surface area contributed by atoms with Crippen molar-refractivity contribution < 1.29 is 19.8 Å². The third-order valence-electron chi connectivity index (χ3n) is 2.41. The van der Waals surface area contributed by atoms with Gasteiger partial charge in [-0.25, -0.2) is 9.59 Å². The van der Waals surface area contributed by atoms with E-state index in [1.165, 1.54) is 0 Å². The molecule has 0 aliphatic rings. The Morgan fingerprint density at radius 2 is 1.86 bits per heavy atom. The Labute approximate surface area is 128 Å². The molecule has 2 N–H and O–H groups in total. The van der Waals surface area contributed by atoms with Crippen LogP contribution >= 0.6 is 0 Å². The SMILES string of the molecule is CN(C)CC#Cc1ccc2ncccc2c1.O=C(O)C(=O)O. The summed E-state index contributed by atoms with van der Waals surface area (Å²) in [5.74, 6) is 2.62. The average molecular weight is 300 g/mol. The molecule has 0 aliphatic carbocycles. The third kappa shape index (κ3) is 6.03. The second kappa shape index (κ2) is 8.39. The number of nitrogens with zero attached hydrogens (tertiary/aromatic N) is 2. The van der Waals surface area contributed by atoms with Gasteiger partial charge < -0.3 is 10.2 Å². The maximum Gasteiger partial charge on any atom is 0.414 e. The number of pyridine rings is 1. The van der Waals surface area contributed by atoms with E-state index in [1.54, 1.807) is 6.20 Å². The highest BCUT2D eigenvalue weighted by molar-refractivity contribution is 6.27. The van der Waals surface area contributed by atoms with Crippen molar-refractivity contribution in [3.8, 4) is 11.8 Å². The Balaban J connectivity index is 0.000000346. The number of hydrogen-bond acceptors (Lipinski definition) is 4. The summed E-state index contributed by atoms with van der Waals surface area (Å²) in [6, 6.07) is 10.1. The predicted octanol–water partition coefficient (Wildman–Crippen LogP) is 1.30. The monoisotopic (exact) mass is 300 g/mol. The topological polar surface area (TPSA) is 90.7 Å². The highest BCUT2D eigenvalue weighted by Crippen LogP contribution is 2.12. The molecule has 0 bridgehead atoms. The molecular weight excluding hydrogens is 284 g/mol. The molecule has 0 aliphatic heterocycles. The summed E-state index contributed by atoms with van der Waals surface area (Å²) in [6.07, 6.45) is 1.81. The predicted molar refractivity (Wildman–Crippen MR) is 82.4 cm³/mol. The van der Waals surface area contributed by atoms with E-state index < -0.39 is 11.9 Å². The molecule has 2 aromatic rings. The van der Waals surface area contributed by atoms with E-state index in [9.17, 15) is 0 Å². The standard InChI is InChI=1S/C14H14N2.C2H2O4/c1-16(2)10-4-5-12-7-8-14-13(11-12)6-3-9-15-14;3-1(4)2(5)6/h3,6-9,11H,10H2,1-2H3;(H,3,4)(H,5,6). The lowest BCUT2D eigenvalue weighted by atomic mass is 10.1. The van der Waals surface area contributed by atoms with Crippen LogP contribution in [0.25, 0.3) is 10.9 Å². The molecule has 0 atom stereocenters. The molecular formula is C16H16N2O4. The van der Waals surface area contributed by atoms with Crippen LogP contribution in [0.3, 0.4) is 0 Å². The maximum absolute atomic E-state index is 9.10. The normalized spacial score (nSPS) is 9.41.